The molecule has 0 aromatic carbocycles. The number of carbonyl (C=O) groups is 1. The van der Waals surface area contributed by atoms with E-state index in [1.165, 1.54) is 0 Å². The molecule has 8 nitrogen and oxygen atoms in total. The summed E-state index contributed by atoms with van der Waals surface area (Å²) in [6.45, 7) is 2.27. The lowest BCUT2D eigenvalue weighted by Crippen LogP contribution is -2.58. The van der Waals surface area contributed by atoms with Gasteiger partial charge in [0.2, 0.25) is 15.9 Å². The molecule has 1 aliphatic carbocycles. The number of piperidine rings is 1. The molecule has 3 heterocycles. The Hall–Kier alpha value is -1.92. The van der Waals surface area contributed by atoms with Crippen LogP contribution in [0.3, 0.4) is 0 Å². The molecule has 174 valence electrons. The number of pyridine rings is 1. The summed E-state index contributed by atoms with van der Waals surface area (Å²) in [6.07, 6.45) is 0.914. The second kappa shape index (κ2) is 9.29. The summed E-state index contributed by atoms with van der Waals surface area (Å²) in [6, 6.07) is 5.57. The van der Waals surface area contributed by atoms with Gasteiger partial charge >= 0.3 is 12.1 Å². The Kier molecular flexibility index (Phi) is 7.11. The molecule has 31 heavy (non-hydrogen) atoms. The number of rotatable bonds is 5. The van der Waals surface area contributed by atoms with Crippen LogP contribution in [0.4, 0.5) is 13.2 Å². The molecule has 0 amide bonds. The molecule has 0 spiro atoms. The van der Waals surface area contributed by atoms with Crippen LogP contribution in [0.5, 0.6) is 5.88 Å². The minimum Gasteiger partial charge on any atom is -0.477 e. The monoisotopic (exact) mass is 466 g/mol. The van der Waals surface area contributed by atoms with Gasteiger partial charge in [-0.2, -0.15) is 13.2 Å². The molecule has 1 saturated carbocycles. The molecule has 4 rings (SSSR count). The largest absolute Gasteiger partial charge is 0.490 e. The molecule has 0 radical (unpaired) electrons. The predicted molar refractivity (Wildman–Crippen MR) is 103 cm³/mol. The first kappa shape index (κ1) is 23.7. The number of alkyl halides is 3. The third kappa shape index (κ3) is 5.86. The summed E-state index contributed by atoms with van der Waals surface area (Å²) < 4.78 is 70.7. The van der Waals surface area contributed by atoms with E-state index in [0.29, 0.717) is 25.6 Å². The first-order valence-electron chi connectivity index (χ1n) is 9.99. The molecule has 1 N–H and O–H groups in total. The van der Waals surface area contributed by atoms with E-state index in [9.17, 15) is 21.6 Å². The second-order valence-corrected chi connectivity index (χ2v) is 10.2. The van der Waals surface area contributed by atoms with E-state index in [-0.39, 0.29) is 16.8 Å². The fraction of sp³-hybridized carbons (Fsp3) is 0.684. The summed E-state index contributed by atoms with van der Waals surface area (Å²) in [5.41, 5.74) is -0.268. The van der Waals surface area contributed by atoms with Crippen molar-refractivity contribution in [3.63, 3.8) is 0 Å². The average molecular weight is 466 g/mol. The molecule has 1 aromatic heterocycles. The normalized spacial score (nSPS) is 26.9. The zero-order chi connectivity index (χ0) is 22.7. The van der Waals surface area contributed by atoms with Crippen LogP contribution in [0, 0.1) is 5.41 Å². The molecule has 0 bridgehead atoms. The van der Waals surface area contributed by atoms with Crippen LogP contribution in [0.15, 0.2) is 24.4 Å². The number of sulfonamides is 1. The number of nitrogens with zero attached hydrogens (tertiary/aromatic N) is 2. The summed E-state index contributed by atoms with van der Waals surface area (Å²) in [7, 11) is -3.15. The lowest BCUT2D eigenvalue weighted by molar-refractivity contribution is -0.192. The lowest BCUT2D eigenvalue weighted by Gasteiger charge is -2.49. The van der Waals surface area contributed by atoms with Crippen molar-refractivity contribution in [3.05, 3.63) is 24.4 Å². The maximum Gasteiger partial charge on any atom is 0.490 e. The van der Waals surface area contributed by atoms with E-state index in [4.69, 9.17) is 19.4 Å². The maximum atomic E-state index is 12.7. The summed E-state index contributed by atoms with van der Waals surface area (Å²) >= 11 is 0. The number of halogens is 3. The summed E-state index contributed by atoms with van der Waals surface area (Å²) in [4.78, 5) is 13.1. The van der Waals surface area contributed by atoms with Crippen molar-refractivity contribution in [1.29, 1.82) is 0 Å². The van der Waals surface area contributed by atoms with E-state index in [1.807, 2.05) is 18.2 Å². The Bertz CT molecular complexity index is 863. The summed E-state index contributed by atoms with van der Waals surface area (Å²) in [5.74, 6) is -2.18. The number of carboxylic acid groups (broad SMARTS) is 1. The highest BCUT2D eigenvalue weighted by Gasteiger charge is 2.51. The summed E-state index contributed by atoms with van der Waals surface area (Å²) in [5, 5.41) is 6.97. The Labute approximate surface area is 178 Å². The lowest BCUT2D eigenvalue weighted by atomic mass is 9.73. The van der Waals surface area contributed by atoms with Crippen LogP contribution in [0.25, 0.3) is 0 Å². The fourth-order valence-corrected chi connectivity index (χ4v) is 5.85. The van der Waals surface area contributed by atoms with Gasteiger partial charge in [-0.25, -0.2) is 22.5 Å². The van der Waals surface area contributed by atoms with E-state index in [0.717, 1.165) is 38.7 Å². The van der Waals surface area contributed by atoms with Gasteiger partial charge in [-0.3, -0.25) is 0 Å². The van der Waals surface area contributed by atoms with Crippen molar-refractivity contribution in [1.82, 2.24) is 9.29 Å². The highest BCUT2D eigenvalue weighted by atomic mass is 32.2. The quantitative estimate of drug-likeness (QED) is 0.711. The van der Waals surface area contributed by atoms with Gasteiger partial charge in [0.15, 0.2) is 0 Å². The molecule has 3 aliphatic rings. The van der Waals surface area contributed by atoms with Crippen molar-refractivity contribution in [2.75, 3.05) is 26.3 Å². The first-order chi connectivity index (χ1) is 14.5. The molecule has 12 heteroatoms. The average Bonchev–Trinajstić information content (AvgIpc) is 3.58. The van der Waals surface area contributed by atoms with Gasteiger partial charge in [0.1, 0.15) is 0 Å². The van der Waals surface area contributed by atoms with Gasteiger partial charge in [0, 0.05) is 37.4 Å². The SMILES string of the molecule is O=C(O)C(F)(F)F.O=S(=O)(C1CC1)N1CCC2OCCCC2(COc2ccccn2)C1. The van der Waals surface area contributed by atoms with E-state index in [1.54, 1.807) is 10.5 Å². The van der Waals surface area contributed by atoms with Crippen molar-refractivity contribution in [2.45, 2.75) is 49.6 Å². The molecular weight excluding hydrogens is 441 g/mol. The fourth-order valence-electron chi connectivity index (χ4n) is 3.90. The zero-order valence-corrected chi connectivity index (χ0v) is 17.6. The van der Waals surface area contributed by atoms with Crippen LogP contribution in [-0.2, 0) is 19.6 Å². The van der Waals surface area contributed by atoms with Gasteiger partial charge in [-0.15, -0.1) is 0 Å². The Morgan fingerprint density at radius 1 is 1.32 bits per heavy atom. The number of aromatic nitrogens is 1. The predicted octanol–water partition coefficient (Wildman–Crippen LogP) is 2.46. The second-order valence-electron chi connectivity index (χ2n) is 7.95. The number of carboxylic acids is 1. The minimum absolute atomic E-state index is 0.0700. The highest BCUT2D eigenvalue weighted by Crippen LogP contribution is 2.43. The molecule has 2 unspecified atom stereocenters. The zero-order valence-electron chi connectivity index (χ0n) is 16.8. The minimum atomic E-state index is -5.08. The first-order valence-corrected chi connectivity index (χ1v) is 11.5. The number of aliphatic carboxylic acids is 1. The number of fused-ring (bicyclic) bond motifs is 1. The highest BCUT2D eigenvalue weighted by molar-refractivity contribution is 7.90. The van der Waals surface area contributed by atoms with E-state index >= 15 is 0 Å². The van der Waals surface area contributed by atoms with Crippen LogP contribution >= 0.6 is 0 Å². The van der Waals surface area contributed by atoms with Gasteiger partial charge in [-0.1, -0.05) is 6.07 Å². The smallest absolute Gasteiger partial charge is 0.477 e. The van der Waals surface area contributed by atoms with Crippen LogP contribution in [-0.4, -0.2) is 72.6 Å². The third-order valence-corrected chi connectivity index (χ3v) is 7.99. The van der Waals surface area contributed by atoms with Gasteiger partial charge in [-0.05, 0) is 38.2 Å². The van der Waals surface area contributed by atoms with Crippen molar-refractivity contribution in [2.24, 2.45) is 5.41 Å². The standard InChI is InChI=1S/C17H24N2O4S.C2HF3O2/c20-24(21,14-5-6-14)19-10-7-15-17(12-19,8-3-11-22-15)13-23-16-4-1-2-9-18-16;3-2(4,5)1(6)7/h1-2,4,9,14-15H,3,5-8,10-13H2;(H,6,7). The Morgan fingerprint density at radius 3 is 2.61 bits per heavy atom. The van der Waals surface area contributed by atoms with Gasteiger partial charge < -0.3 is 14.6 Å². The molecule has 2 atom stereocenters. The van der Waals surface area contributed by atoms with Crippen molar-refractivity contribution >= 4 is 16.0 Å². The number of hydrogen-bond donors (Lipinski definition) is 1. The molecule has 2 saturated heterocycles. The van der Waals surface area contributed by atoms with Crippen LogP contribution in [0.2, 0.25) is 0 Å². The van der Waals surface area contributed by atoms with E-state index < -0.39 is 22.2 Å². The number of hydrogen-bond acceptors (Lipinski definition) is 6. The molecule has 1 aromatic rings. The van der Waals surface area contributed by atoms with Crippen molar-refractivity contribution < 1.29 is 41.0 Å². The maximum absolute atomic E-state index is 12.7. The van der Waals surface area contributed by atoms with Gasteiger partial charge in [0.05, 0.1) is 18.0 Å². The topological polar surface area (TPSA) is 106 Å². The third-order valence-electron chi connectivity index (χ3n) is 5.65. The van der Waals surface area contributed by atoms with Crippen LogP contribution in [0.1, 0.15) is 32.1 Å². The van der Waals surface area contributed by atoms with Crippen LogP contribution < -0.4 is 4.74 Å². The Balaban J connectivity index is 0.000000339. The van der Waals surface area contributed by atoms with Gasteiger partial charge in [0.25, 0.3) is 0 Å². The Morgan fingerprint density at radius 2 is 2.03 bits per heavy atom. The molecular formula is C19H25F3N2O6S. The molecule has 2 aliphatic heterocycles. The number of ether oxygens (including phenoxy) is 2. The van der Waals surface area contributed by atoms with E-state index in [2.05, 4.69) is 4.98 Å². The van der Waals surface area contributed by atoms with Crippen molar-refractivity contribution in [3.8, 4) is 5.88 Å². The molecule has 3 fully saturated rings.